The second-order valence-corrected chi connectivity index (χ2v) is 6.40. The molecular formula is C21H24N2O3. The van der Waals surface area contributed by atoms with Gasteiger partial charge in [0.25, 0.3) is 5.91 Å². The fourth-order valence-electron chi connectivity index (χ4n) is 3.15. The Morgan fingerprint density at radius 2 is 1.69 bits per heavy atom. The summed E-state index contributed by atoms with van der Waals surface area (Å²) in [6.45, 7) is 1.02. The predicted molar refractivity (Wildman–Crippen MR) is 99.6 cm³/mol. The number of para-hydroxylation sites is 1. The van der Waals surface area contributed by atoms with E-state index in [1.807, 2.05) is 60.7 Å². The number of hydrogen-bond acceptors (Lipinski definition) is 3. The molecule has 1 atom stereocenters. The Balaban J connectivity index is 1.56. The molecule has 2 amide bonds. The van der Waals surface area contributed by atoms with Crippen LogP contribution >= 0.6 is 0 Å². The Kier molecular flexibility index (Phi) is 6.25. The fraction of sp³-hybridized carbons (Fsp3) is 0.333. The number of nitrogens with zero attached hydrogens (tertiary/aromatic N) is 1. The number of rotatable bonds is 6. The van der Waals surface area contributed by atoms with Gasteiger partial charge in [-0.1, -0.05) is 48.5 Å². The van der Waals surface area contributed by atoms with Gasteiger partial charge >= 0.3 is 0 Å². The summed E-state index contributed by atoms with van der Waals surface area (Å²) in [7, 11) is 0. The highest BCUT2D eigenvalue weighted by Gasteiger charge is 2.32. The molecule has 0 spiro atoms. The van der Waals surface area contributed by atoms with E-state index < -0.39 is 6.04 Å². The van der Waals surface area contributed by atoms with Gasteiger partial charge in [0.1, 0.15) is 11.8 Å². The van der Waals surface area contributed by atoms with E-state index >= 15 is 0 Å². The summed E-state index contributed by atoms with van der Waals surface area (Å²) >= 11 is 0. The van der Waals surface area contributed by atoms with E-state index in [4.69, 9.17) is 4.74 Å². The molecule has 0 aromatic heterocycles. The van der Waals surface area contributed by atoms with Gasteiger partial charge in [-0.2, -0.15) is 0 Å². The van der Waals surface area contributed by atoms with Crippen LogP contribution < -0.4 is 10.1 Å². The zero-order chi connectivity index (χ0) is 18.2. The monoisotopic (exact) mass is 352 g/mol. The van der Waals surface area contributed by atoms with Gasteiger partial charge in [-0.05, 0) is 37.0 Å². The lowest BCUT2D eigenvalue weighted by atomic mass is 10.0. The van der Waals surface area contributed by atoms with Crippen molar-refractivity contribution >= 4 is 11.8 Å². The molecule has 26 heavy (non-hydrogen) atoms. The molecule has 2 aromatic carbocycles. The van der Waals surface area contributed by atoms with Crippen molar-refractivity contribution in [3.8, 4) is 5.75 Å². The molecule has 5 heteroatoms. The zero-order valence-electron chi connectivity index (χ0n) is 14.8. The molecule has 0 bridgehead atoms. The third kappa shape index (κ3) is 4.85. The summed E-state index contributed by atoms with van der Waals surface area (Å²) in [5, 5.41) is 2.95. The quantitative estimate of drug-likeness (QED) is 0.870. The molecule has 2 aromatic rings. The molecule has 0 unspecified atom stereocenters. The first kappa shape index (κ1) is 18.0. The van der Waals surface area contributed by atoms with E-state index in [0.29, 0.717) is 25.3 Å². The van der Waals surface area contributed by atoms with Gasteiger partial charge in [0, 0.05) is 13.1 Å². The maximum atomic E-state index is 12.6. The topological polar surface area (TPSA) is 58.6 Å². The molecule has 1 fully saturated rings. The van der Waals surface area contributed by atoms with Crippen molar-refractivity contribution in [1.29, 1.82) is 0 Å². The molecule has 1 aliphatic rings. The van der Waals surface area contributed by atoms with Gasteiger partial charge in [0.15, 0.2) is 6.61 Å². The molecule has 3 rings (SSSR count). The Morgan fingerprint density at radius 3 is 2.42 bits per heavy atom. The molecular weight excluding hydrogens is 328 g/mol. The molecule has 1 heterocycles. The number of benzene rings is 2. The molecule has 5 nitrogen and oxygen atoms in total. The number of nitrogens with one attached hydrogen (secondary N) is 1. The number of likely N-dealkylation sites (tertiary alicyclic amines) is 1. The van der Waals surface area contributed by atoms with Crippen LogP contribution in [-0.4, -0.2) is 35.9 Å². The second-order valence-electron chi connectivity index (χ2n) is 6.40. The van der Waals surface area contributed by atoms with E-state index in [2.05, 4.69) is 5.32 Å². The van der Waals surface area contributed by atoms with E-state index in [9.17, 15) is 9.59 Å². The maximum absolute atomic E-state index is 12.6. The Bertz CT molecular complexity index is 655. The van der Waals surface area contributed by atoms with Crippen LogP contribution in [0.1, 0.15) is 24.8 Å². The number of piperidine rings is 1. The van der Waals surface area contributed by atoms with Crippen LogP contribution in [0.15, 0.2) is 60.7 Å². The van der Waals surface area contributed by atoms with Crippen LogP contribution in [-0.2, 0) is 16.1 Å². The van der Waals surface area contributed by atoms with E-state index in [1.54, 1.807) is 4.90 Å². The summed E-state index contributed by atoms with van der Waals surface area (Å²) < 4.78 is 5.56. The minimum atomic E-state index is -0.417. The third-order valence-corrected chi connectivity index (χ3v) is 4.54. The highest BCUT2D eigenvalue weighted by atomic mass is 16.5. The lowest BCUT2D eigenvalue weighted by Gasteiger charge is -2.34. The van der Waals surface area contributed by atoms with Crippen LogP contribution in [0.4, 0.5) is 0 Å². The Morgan fingerprint density at radius 1 is 1.00 bits per heavy atom. The van der Waals surface area contributed by atoms with E-state index in [1.165, 1.54) is 0 Å². The van der Waals surface area contributed by atoms with Gasteiger partial charge < -0.3 is 15.0 Å². The van der Waals surface area contributed by atoms with Crippen LogP contribution in [0.25, 0.3) is 0 Å². The van der Waals surface area contributed by atoms with Crippen molar-refractivity contribution in [2.24, 2.45) is 0 Å². The average molecular weight is 352 g/mol. The summed E-state index contributed by atoms with van der Waals surface area (Å²) in [5.74, 6) is 0.415. The molecule has 1 aliphatic heterocycles. The Hall–Kier alpha value is -2.82. The summed E-state index contributed by atoms with van der Waals surface area (Å²) in [5.41, 5.74) is 1.04. The minimum absolute atomic E-state index is 0.0491. The standard InChI is InChI=1S/C21H24N2O3/c24-20(16-26-18-11-5-2-6-12-18)23-14-8-7-13-19(23)21(25)22-15-17-9-3-1-4-10-17/h1-6,9-12,19H,7-8,13-16H2,(H,22,25)/t19-/m1/s1. The van der Waals surface area contributed by atoms with Crippen molar-refractivity contribution in [3.63, 3.8) is 0 Å². The molecule has 0 aliphatic carbocycles. The summed E-state index contributed by atoms with van der Waals surface area (Å²) in [6, 6.07) is 18.6. The van der Waals surface area contributed by atoms with Crippen molar-refractivity contribution in [3.05, 3.63) is 66.2 Å². The molecule has 1 N–H and O–H groups in total. The Labute approximate surface area is 154 Å². The van der Waals surface area contributed by atoms with Gasteiger partial charge in [-0.15, -0.1) is 0 Å². The lowest BCUT2D eigenvalue weighted by Crippen LogP contribution is -2.53. The normalized spacial score (nSPS) is 16.8. The van der Waals surface area contributed by atoms with Crippen molar-refractivity contribution < 1.29 is 14.3 Å². The van der Waals surface area contributed by atoms with Crippen LogP contribution in [0.5, 0.6) is 5.75 Å². The van der Waals surface area contributed by atoms with Crippen molar-refractivity contribution in [2.45, 2.75) is 31.8 Å². The smallest absolute Gasteiger partial charge is 0.261 e. The first-order valence-electron chi connectivity index (χ1n) is 9.03. The zero-order valence-corrected chi connectivity index (χ0v) is 14.8. The van der Waals surface area contributed by atoms with Gasteiger partial charge in [0.05, 0.1) is 0 Å². The molecule has 136 valence electrons. The van der Waals surface area contributed by atoms with Gasteiger partial charge in [0.2, 0.25) is 5.91 Å². The van der Waals surface area contributed by atoms with Crippen molar-refractivity contribution in [1.82, 2.24) is 10.2 Å². The number of hydrogen-bond donors (Lipinski definition) is 1. The number of carbonyl (C=O) groups is 2. The van der Waals surface area contributed by atoms with Crippen LogP contribution in [0.2, 0.25) is 0 Å². The lowest BCUT2D eigenvalue weighted by molar-refractivity contribution is -0.143. The maximum Gasteiger partial charge on any atom is 0.261 e. The molecule has 0 radical (unpaired) electrons. The first-order valence-corrected chi connectivity index (χ1v) is 9.03. The highest BCUT2D eigenvalue weighted by Crippen LogP contribution is 2.18. The largest absolute Gasteiger partial charge is 0.484 e. The molecule has 0 saturated carbocycles. The number of carbonyl (C=O) groups excluding carboxylic acids is 2. The third-order valence-electron chi connectivity index (χ3n) is 4.54. The summed E-state index contributed by atoms with van der Waals surface area (Å²) in [6.07, 6.45) is 2.56. The van der Waals surface area contributed by atoms with Crippen molar-refractivity contribution in [2.75, 3.05) is 13.2 Å². The SMILES string of the molecule is O=C(NCc1ccccc1)[C@H]1CCCCN1C(=O)COc1ccccc1. The fourth-order valence-corrected chi connectivity index (χ4v) is 3.15. The second kappa shape index (κ2) is 9.04. The van der Waals surface area contributed by atoms with Crippen LogP contribution in [0, 0.1) is 0 Å². The van der Waals surface area contributed by atoms with E-state index in [0.717, 1.165) is 18.4 Å². The highest BCUT2D eigenvalue weighted by molar-refractivity contribution is 5.88. The predicted octanol–water partition coefficient (Wildman–Crippen LogP) is 2.76. The average Bonchev–Trinajstić information content (AvgIpc) is 2.72. The number of amides is 2. The van der Waals surface area contributed by atoms with Crippen LogP contribution in [0.3, 0.4) is 0 Å². The first-order chi connectivity index (χ1) is 12.7. The summed E-state index contributed by atoms with van der Waals surface area (Å²) in [4.78, 5) is 26.9. The molecule has 1 saturated heterocycles. The minimum Gasteiger partial charge on any atom is -0.484 e. The van der Waals surface area contributed by atoms with Gasteiger partial charge in [-0.3, -0.25) is 9.59 Å². The van der Waals surface area contributed by atoms with E-state index in [-0.39, 0.29) is 18.4 Å². The number of ether oxygens (including phenoxy) is 1. The van der Waals surface area contributed by atoms with Gasteiger partial charge in [-0.25, -0.2) is 0 Å².